The molecule has 2 heterocycles. The van der Waals surface area contributed by atoms with Gasteiger partial charge in [0.05, 0.1) is 18.2 Å². The largest absolute Gasteiger partial charge is 0.463 e. The number of carbonyl (C=O) groups excluding carboxylic acids is 2. The number of nitrogens with zero attached hydrogens (tertiary/aromatic N) is 1. The van der Waals surface area contributed by atoms with Crippen LogP contribution in [0.5, 0.6) is 0 Å². The number of hydrogen-bond donors (Lipinski definition) is 2. The van der Waals surface area contributed by atoms with Gasteiger partial charge in [-0.25, -0.2) is 9.59 Å². The molecular formula is C16H23N3O3S. The van der Waals surface area contributed by atoms with Crippen molar-refractivity contribution in [2.24, 2.45) is 0 Å². The summed E-state index contributed by atoms with van der Waals surface area (Å²) in [5.41, 5.74) is 2.35. The van der Waals surface area contributed by atoms with Gasteiger partial charge in [-0.2, -0.15) is 0 Å². The van der Waals surface area contributed by atoms with E-state index in [2.05, 4.69) is 33.9 Å². The Morgan fingerprint density at radius 2 is 2.17 bits per heavy atom. The van der Waals surface area contributed by atoms with Crippen LogP contribution in [0.3, 0.4) is 0 Å². The van der Waals surface area contributed by atoms with Gasteiger partial charge in [0.15, 0.2) is 0 Å². The van der Waals surface area contributed by atoms with Crippen LogP contribution in [0, 0.1) is 6.92 Å². The second kappa shape index (κ2) is 7.61. The van der Waals surface area contributed by atoms with Crippen LogP contribution in [0.15, 0.2) is 22.7 Å². The number of urea groups is 1. The van der Waals surface area contributed by atoms with Crippen LogP contribution in [0.25, 0.3) is 0 Å². The summed E-state index contributed by atoms with van der Waals surface area (Å²) < 4.78 is 5.12. The highest BCUT2D eigenvalue weighted by molar-refractivity contribution is 7.10. The first-order valence-electron chi connectivity index (χ1n) is 7.61. The molecular weight excluding hydrogens is 314 g/mol. The second-order valence-corrected chi connectivity index (χ2v) is 6.63. The Morgan fingerprint density at radius 3 is 2.78 bits per heavy atom. The van der Waals surface area contributed by atoms with Gasteiger partial charge >= 0.3 is 12.0 Å². The van der Waals surface area contributed by atoms with Crippen LogP contribution in [0.4, 0.5) is 4.79 Å². The summed E-state index contributed by atoms with van der Waals surface area (Å²) in [6.45, 7) is 7.18. The summed E-state index contributed by atoms with van der Waals surface area (Å²) in [7, 11) is 1.97. The summed E-state index contributed by atoms with van der Waals surface area (Å²) in [5.74, 6) is -0.386. The maximum absolute atomic E-state index is 12.2. The number of likely N-dealkylation sites (N-methyl/N-ethyl adjacent to an activating group) is 1. The SMILES string of the molecule is CCOC(=O)C1=C(CN(C)Cc2sccc2C)NC(=O)NC1C. The van der Waals surface area contributed by atoms with E-state index in [1.165, 1.54) is 10.4 Å². The molecule has 1 atom stereocenters. The van der Waals surface area contributed by atoms with Crippen molar-refractivity contribution >= 4 is 23.3 Å². The first kappa shape index (κ1) is 17.5. The molecule has 7 heteroatoms. The van der Waals surface area contributed by atoms with Gasteiger partial charge in [-0.3, -0.25) is 4.90 Å². The lowest BCUT2D eigenvalue weighted by molar-refractivity contribution is -0.139. The van der Waals surface area contributed by atoms with Crippen molar-refractivity contribution in [3.8, 4) is 0 Å². The molecule has 0 fully saturated rings. The van der Waals surface area contributed by atoms with E-state index >= 15 is 0 Å². The van der Waals surface area contributed by atoms with Crippen molar-refractivity contribution in [3.05, 3.63) is 33.2 Å². The van der Waals surface area contributed by atoms with Crippen molar-refractivity contribution in [1.29, 1.82) is 0 Å². The van der Waals surface area contributed by atoms with Crippen LogP contribution < -0.4 is 10.6 Å². The van der Waals surface area contributed by atoms with E-state index < -0.39 is 0 Å². The third-order valence-corrected chi connectivity index (χ3v) is 4.68. The molecule has 6 nitrogen and oxygen atoms in total. The number of aryl methyl sites for hydroxylation is 1. The van der Waals surface area contributed by atoms with Gasteiger partial charge in [-0.05, 0) is 44.8 Å². The van der Waals surface area contributed by atoms with Gasteiger partial charge in [0.2, 0.25) is 0 Å². The topological polar surface area (TPSA) is 70.7 Å². The minimum absolute atomic E-state index is 0.291. The van der Waals surface area contributed by atoms with Crippen LogP contribution in [0.2, 0.25) is 0 Å². The molecule has 0 aliphatic carbocycles. The van der Waals surface area contributed by atoms with E-state index in [4.69, 9.17) is 4.74 Å². The van der Waals surface area contributed by atoms with E-state index in [1.54, 1.807) is 25.2 Å². The molecule has 1 aromatic heterocycles. The Bertz CT molecular complexity index is 624. The Labute approximate surface area is 140 Å². The Kier molecular flexibility index (Phi) is 5.79. The molecule has 0 saturated heterocycles. The Hall–Kier alpha value is -1.86. The zero-order valence-electron chi connectivity index (χ0n) is 13.9. The molecule has 0 aromatic carbocycles. The molecule has 1 aliphatic heterocycles. The van der Waals surface area contributed by atoms with E-state index in [-0.39, 0.29) is 18.0 Å². The van der Waals surface area contributed by atoms with Gasteiger partial charge < -0.3 is 15.4 Å². The number of thiophene rings is 1. The highest BCUT2D eigenvalue weighted by atomic mass is 32.1. The predicted octanol–water partition coefficient (Wildman–Crippen LogP) is 2.01. The van der Waals surface area contributed by atoms with Crippen LogP contribution in [0.1, 0.15) is 24.3 Å². The zero-order chi connectivity index (χ0) is 17.0. The van der Waals surface area contributed by atoms with Crippen LogP contribution in [-0.4, -0.2) is 43.1 Å². The van der Waals surface area contributed by atoms with Gasteiger partial charge in [0.1, 0.15) is 0 Å². The highest BCUT2D eigenvalue weighted by Gasteiger charge is 2.30. The van der Waals surface area contributed by atoms with Crippen molar-refractivity contribution in [2.75, 3.05) is 20.2 Å². The van der Waals surface area contributed by atoms with Crippen molar-refractivity contribution in [3.63, 3.8) is 0 Å². The van der Waals surface area contributed by atoms with Gasteiger partial charge in [0, 0.05) is 23.7 Å². The number of carbonyl (C=O) groups is 2. The minimum Gasteiger partial charge on any atom is -0.463 e. The van der Waals surface area contributed by atoms with Crippen molar-refractivity contribution in [1.82, 2.24) is 15.5 Å². The summed E-state index contributed by atoms with van der Waals surface area (Å²) >= 11 is 1.71. The summed E-state index contributed by atoms with van der Waals surface area (Å²) in [6, 6.07) is 1.43. The number of nitrogens with one attached hydrogen (secondary N) is 2. The smallest absolute Gasteiger partial charge is 0.337 e. The molecule has 126 valence electrons. The average molecular weight is 337 g/mol. The lowest BCUT2D eigenvalue weighted by Gasteiger charge is -2.29. The molecule has 2 N–H and O–H groups in total. The lowest BCUT2D eigenvalue weighted by Crippen LogP contribution is -2.51. The molecule has 23 heavy (non-hydrogen) atoms. The molecule has 0 spiro atoms. The van der Waals surface area contributed by atoms with E-state index in [9.17, 15) is 9.59 Å². The third-order valence-electron chi connectivity index (χ3n) is 3.68. The number of hydrogen-bond acceptors (Lipinski definition) is 5. The molecule has 2 rings (SSSR count). The zero-order valence-corrected chi connectivity index (χ0v) is 14.8. The number of rotatable bonds is 6. The van der Waals surface area contributed by atoms with E-state index in [0.717, 1.165) is 6.54 Å². The lowest BCUT2D eigenvalue weighted by atomic mass is 10.0. The molecule has 1 aromatic rings. The van der Waals surface area contributed by atoms with E-state index in [0.29, 0.717) is 24.4 Å². The average Bonchev–Trinajstić information content (AvgIpc) is 2.83. The quantitative estimate of drug-likeness (QED) is 0.779. The first-order valence-corrected chi connectivity index (χ1v) is 8.49. The fourth-order valence-corrected chi connectivity index (χ4v) is 3.53. The highest BCUT2D eigenvalue weighted by Crippen LogP contribution is 2.19. The number of amides is 2. The fraction of sp³-hybridized carbons (Fsp3) is 0.500. The van der Waals surface area contributed by atoms with E-state index in [1.807, 2.05) is 7.05 Å². The fourth-order valence-electron chi connectivity index (χ4n) is 2.54. The summed E-state index contributed by atoms with van der Waals surface area (Å²) in [6.07, 6.45) is 0. The summed E-state index contributed by atoms with van der Waals surface area (Å²) in [4.78, 5) is 27.3. The van der Waals surface area contributed by atoms with Crippen molar-refractivity contribution in [2.45, 2.75) is 33.4 Å². The number of ether oxygens (including phenoxy) is 1. The molecule has 1 unspecified atom stereocenters. The minimum atomic E-state index is -0.386. The van der Waals surface area contributed by atoms with Gasteiger partial charge in [-0.15, -0.1) is 11.3 Å². The van der Waals surface area contributed by atoms with Crippen molar-refractivity contribution < 1.29 is 14.3 Å². The van der Waals surface area contributed by atoms with Gasteiger partial charge in [-0.1, -0.05) is 0 Å². The monoisotopic (exact) mass is 337 g/mol. The maximum Gasteiger partial charge on any atom is 0.337 e. The Balaban J connectivity index is 2.17. The van der Waals surface area contributed by atoms with Gasteiger partial charge in [0.25, 0.3) is 0 Å². The van der Waals surface area contributed by atoms with Crippen LogP contribution >= 0.6 is 11.3 Å². The summed E-state index contributed by atoms with van der Waals surface area (Å²) in [5, 5.41) is 7.52. The standard InChI is InChI=1S/C16H23N3O3S/c1-5-22-15(20)14-11(3)17-16(21)18-12(14)8-19(4)9-13-10(2)6-7-23-13/h6-7,11H,5,8-9H2,1-4H3,(H2,17,18,21). The molecule has 0 saturated carbocycles. The number of esters is 1. The second-order valence-electron chi connectivity index (χ2n) is 5.63. The molecule has 2 amide bonds. The predicted molar refractivity (Wildman–Crippen MR) is 90.2 cm³/mol. The molecule has 1 aliphatic rings. The first-order chi connectivity index (χ1) is 10.9. The third kappa shape index (κ3) is 4.33. The maximum atomic E-state index is 12.2. The normalized spacial score (nSPS) is 18.0. The molecule has 0 radical (unpaired) electrons. The Morgan fingerprint density at radius 1 is 1.43 bits per heavy atom. The van der Waals surface area contributed by atoms with Crippen LogP contribution in [-0.2, 0) is 16.1 Å². The molecule has 0 bridgehead atoms.